The Morgan fingerprint density at radius 3 is 2.29 bits per heavy atom. The number of amides is 2. The molecule has 1 atom stereocenters. The van der Waals surface area contributed by atoms with E-state index in [1.807, 2.05) is 61.5 Å². The van der Waals surface area contributed by atoms with Crippen LogP contribution in [0.2, 0.25) is 0 Å². The summed E-state index contributed by atoms with van der Waals surface area (Å²) in [6.07, 6.45) is 0.380. The van der Waals surface area contributed by atoms with Crippen LogP contribution in [0.5, 0.6) is 0 Å². The number of hydrogen-bond donors (Lipinski definition) is 2. The maximum Gasteiger partial charge on any atom is 0.328 e. The van der Waals surface area contributed by atoms with Crippen molar-refractivity contribution in [3.8, 4) is 0 Å². The topological polar surface area (TPSA) is 67.4 Å². The standard InChI is InChI=1S/C19H22N2O3/c1-14-8-10-16(11-9-14)13-20-19(23)21-17(18(22)24-2)12-15-6-4-3-5-7-15/h3-11,17H,12-13H2,1-2H3,(H2,20,21,23)/t17-/m1/s1. The van der Waals surface area contributed by atoms with E-state index in [4.69, 9.17) is 4.74 Å². The average Bonchev–Trinajstić information content (AvgIpc) is 2.61. The summed E-state index contributed by atoms with van der Waals surface area (Å²) in [7, 11) is 1.31. The molecule has 0 aromatic heterocycles. The van der Waals surface area contributed by atoms with Gasteiger partial charge in [-0.1, -0.05) is 60.2 Å². The molecule has 2 rings (SSSR count). The first-order valence-electron chi connectivity index (χ1n) is 7.80. The predicted molar refractivity (Wildman–Crippen MR) is 92.5 cm³/mol. The maximum absolute atomic E-state index is 12.1. The van der Waals surface area contributed by atoms with Gasteiger partial charge in [-0.05, 0) is 18.1 Å². The van der Waals surface area contributed by atoms with Gasteiger partial charge >= 0.3 is 12.0 Å². The van der Waals surface area contributed by atoms with Crippen molar-refractivity contribution < 1.29 is 14.3 Å². The van der Waals surface area contributed by atoms with Crippen molar-refractivity contribution in [2.75, 3.05) is 7.11 Å². The van der Waals surface area contributed by atoms with Crippen LogP contribution in [0.1, 0.15) is 16.7 Å². The van der Waals surface area contributed by atoms with Crippen molar-refractivity contribution in [1.82, 2.24) is 10.6 Å². The van der Waals surface area contributed by atoms with Crippen molar-refractivity contribution in [1.29, 1.82) is 0 Å². The zero-order chi connectivity index (χ0) is 17.4. The molecule has 0 aliphatic carbocycles. The highest BCUT2D eigenvalue weighted by atomic mass is 16.5. The molecule has 0 aliphatic rings. The van der Waals surface area contributed by atoms with Crippen LogP contribution >= 0.6 is 0 Å². The lowest BCUT2D eigenvalue weighted by molar-refractivity contribution is -0.142. The van der Waals surface area contributed by atoms with Gasteiger partial charge < -0.3 is 15.4 Å². The van der Waals surface area contributed by atoms with E-state index in [-0.39, 0.29) is 0 Å². The Balaban J connectivity index is 1.91. The zero-order valence-electron chi connectivity index (χ0n) is 13.9. The number of nitrogens with one attached hydrogen (secondary N) is 2. The lowest BCUT2D eigenvalue weighted by Crippen LogP contribution is -2.47. The number of aryl methyl sites for hydroxylation is 1. The smallest absolute Gasteiger partial charge is 0.328 e. The van der Waals surface area contributed by atoms with E-state index in [0.717, 1.165) is 16.7 Å². The van der Waals surface area contributed by atoms with Gasteiger partial charge in [-0.15, -0.1) is 0 Å². The molecule has 0 heterocycles. The molecule has 0 spiro atoms. The van der Waals surface area contributed by atoms with E-state index in [0.29, 0.717) is 13.0 Å². The minimum atomic E-state index is -0.726. The molecule has 0 radical (unpaired) electrons. The highest BCUT2D eigenvalue weighted by molar-refractivity contribution is 5.83. The average molecular weight is 326 g/mol. The van der Waals surface area contributed by atoms with Crippen LogP contribution in [0, 0.1) is 6.92 Å². The van der Waals surface area contributed by atoms with E-state index in [1.165, 1.54) is 7.11 Å². The number of carbonyl (C=O) groups is 2. The van der Waals surface area contributed by atoms with Gasteiger partial charge in [-0.25, -0.2) is 9.59 Å². The molecule has 2 N–H and O–H groups in total. The van der Waals surface area contributed by atoms with E-state index in [9.17, 15) is 9.59 Å². The maximum atomic E-state index is 12.1. The van der Waals surface area contributed by atoms with Crippen LogP contribution in [-0.4, -0.2) is 25.2 Å². The predicted octanol–water partition coefficient (Wildman–Crippen LogP) is 2.58. The monoisotopic (exact) mass is 326 g/mol. The molecule has 5 heteroatoms. The SMILES string of the molecule is COC(=O)[C@@H](Cc1ccccc1)NC(=O)NCc1ccc(C)cc1. The number of carbonyl (C=O) groups excluding carboxylic acids is 2. The summed E-state index contributed by atoms with van der Waals surface area (Å²) < 4.78 is 4.78. The minimum absolute atomic E-state index is 0.380. The lowest BCUT2D eigenvalue weighted by Gasteiger charge is -2.17. The highest BCUT2D eigenvalue weighted by Crippen LogP contribution is 2.05. The second kappa shape index (κ2) is 8.72. The molecule has 0 fully saturated rings. The summed E-state index contributed by atoms with van der Waals surface area (Å²) in [6, 6.07) is 16.2. The third-order valence-electron chi connectivity index (χ3n) is 3.65. The van der Waals surface area contributed by atoms with Gasteiger partial charge in [0, 0.05) is 13.0 Å². The van der Waals surface area contributed by atoms with Crippen molar-refractivity contribution >= 4 is 12.0 Å². The molecule has 24 heavy (non-hydrogen) atoms. The number of methoxy groups -OCH3 is 1. The summed E-state index contributed by atoms with van der Waals surface area (Å²) in [5, 5.41) is 5.43. The third kappa shape index (κ3) is 5.43. The van der Waals surface area contributed by atoms with Crippen LogP contribution in [-0.2, 0) is 22.5 Å². The van der Waals surface area contributed by atoms with Crippen molar-refractivity contribution in [3.63, 3.8) is 0 Å². The van der Waals surface area contributed by atoms with Crippen molar-refractivity contribution in [2.45, 2.75) is 25.9 Å². The molecular weight excluding hydrogens is 304 g/mol. The van der Waals surface area contributed by atoms with E-state index < -0.39 is 18.0 Å². The Kier molecular flexibility index (Phi) is 6.37. The van der Waals surface area contributed by atoms with Gasteiger partial charge in [0.15, 0.2) is 0 Å². The number of benzene rings is 2. The first-order chi connectivity index (χ1) is 11.6. The third-order valence-corrected chi connectivity index (χ3v) is 3.65. The fraction of sp³-hybridized carbons (Fsp3) is 0.263. The summed E-state index contributed by atoms with van der Waals surface area (Å²) >= 11 is 0. The number of ether oxygens (including phenoxy) is 1. The van der Waals surface area contributed by atoms with Gasteiger partial charge in [0.05, 0.1) is 7.11 Å². The summed E-state index contributed by atoms with van der Waals surface area (Å²) in [5.74, 6) is -0.468. The molecule has 5 nitrogen and oxygen atoms in total. The fourth-order valence-corrected chi connectivity index (χ4v) is 2.28. The largest absolute Gasteiger partial charge is 0.467 e. The Morgan fingerprint density at radius 2 is 1.67 bits per heavy atom. The Labute approximate surface area is 142 Å². The van der Waals surface area contributed by atoms with Crippen molar-refractivity contribution in [2.24, 2.45) is 0 Å². The summed E-state index contributed by atoms with van der Waals surface area (Å²) in [5.41, 5.74) is 3.11. The Morgan fingerprint density at radius 1 is 1.00 bits per heavy atom. The highest BCUT2D eigenvalue weighted by Gasteiger charge is 2.21. The Hall–Kier alpha value is -2.82. The second-order valence-corrected chi connectivity index (χ2v) is 5.58. The number of rotatable bonds is 6. The van der Waals surface area contributed by atoms with Crippen LogP contribution < -0.4 is 10.6 Å². The summed E-state index contributed by atoms with van der Waals surface area (Å²) in [4.78, 5) is 24.0. The molecule has 0 unspecified atom stereocenters. The first kappa shape index (κ1) is 17.5. The molecule has 0 saturated carbocycles. The number of esters is 1. The fourth-order valence-electron chi connectivity index (χ4n) is 2.28. The molecule has 126 valence electrons. The van der Waals surface area contributed by atoms with Crippen LogP contribution in [0.25, 0.3) is 0 Å². The zero-order valence-corrected chi connectivity index (χ0v) is 13.9. The van der Waals surface area contributed by atoms with Crippen LogP contribution in [0.4, 0.5) is 4.79 Å². The van der Waals surface area contributed by atoms with Gasteiger partial charge in [0.25, 0.3) is 0 Å². The molecule has 0 aliphatic heterocycles. The molecular formula is C19H22N2O3. The molecule has 0 saturated heterocycles. The quantitative estimate of drug-likeness (QED) is 0.802. The first-order valence-corrected chi connectivity index (χ1v) is 7.80. The van der Waals surface area contributed by atoms with E-state index in [1.54, 1.807) is 0 Å². The van der Waals surface area contributed by atoms with E-state index in [2.05, 4.69) is 10.6 Å². The van der Waals surface area contributed by atoms with Crippen LogP contribution in [0.3, 0.4) is 0 Å². The second-order valence-electron chi connectivity index (χ2n) is 5.58. The number of urea groups is 1. The molecule has 0 bridgehead atoms. The van der Waals surface area contributed by atoms with Crippen LogP contribution in [0.15, 0.2) is 54.6 Å². The van der Waals surface area contributed by atoms with Gasteiger partial charge in [0.2, 0.25) is 0 Å². The number of hydrogen-bond acceptors (Lipinski definition) is 3. The normalized spacial score (nSPS) is 11.4. The summed E-state index contributed by atoms with van der Waals surface area (Å²) in [6.45, 7) is 2.40. The van der Waals surface area contributed by atoms with Gasteiger partial charge in [-0.2, -0.15) is 0 Å². The minimum Gasteiger partial charge on any atom is -0.467 e. The molecule has 2 aromatic rings. The van der Waals surface area contributed by atoms with E-state index >= 15 is 0 Å². The van der Waals surface area contributed by atoms with Crippen molar-refractivity contribution in [3.05, 3.63) is 71.3 Å². The lowest BCUT2D eigenvalue weighted by atomic mass is 10.1. The Bertz CT molecular complexity index is 669. The molecule has 2 amide bonds. The van der Waals surface area contributed by atoms with Gasteiger partial charge in [0.1, 0.15) is 6.04 Å². The van der Waals surface area contributed by atoms with Gasteiger partial charge in [-0.3, -0.25) is 0 Å². The molecule has 2 aromatic carbocycles.